The Bertz CT molecular complexity index is 1480. The monoisotopic (exact) mass is 467 g/mol. The van der Waals surface area contributed by atoms with Gasteiger partial charge in [-0.1, -0.05) is 0 Å². The van der Waals surface area contributed by atoms with E-state index < -0.39 is 28.2 Å². The van der Waals surface area contributed by atoms with Gasteiger partial charge in [0, 0.05) is 30.0 Å². The van der Waals surface area contributed by atoms with Gasteiger partial charge in [0.1, 0.15) is 5.82 Å². The number of carboxylic acid groups (broad SMARTS) is 1. The molecule has 7 nitrogen and oxygen atoms in total. The summed E-state index contributed by atoms with van der Waals surface area (Å²) in [7, 11) is -2.21. The lowest BCUT2D eigenvalue weighted by molar-refractivity contribution is -0.136. The maximum Gasteiger partial charge on any atom is 0.307 e. The van der Waals surface area contributed by atoms with Crippen LogP contribution < -0.4 is 4.90 Å². The molecule has 0 fully saturated rings. The molecule has 170 valence electrons. The van der Waals surface area contributed by atoms with E-state index in [1.165, 1.54) is 31.2 Å². The van der Waals surface area contributed by atoms with Gasteiger partial charge >= 0.3 is 5.97 Å². The molecule has 0 aliphatic carbocycles. The maximum absolute atomic E-state index is 13.9. The first kappa shape index (κ1) is 22.5. The molecule has 0 bridgehead atoms. The van der Waals surface area contributed by atoms with E-state index in [-0.39, 0.29) is 27.1 Å². The number of carboxylic acids is 1. The smallest absolute Gasteiger partial charge is 0.307 e. The van der Waals surface area contributed by atoms with Gasteiger partial charge in [0.15, 0.2) is 0 Å². The summed E-state index contributed by atoms with van der Waals surface area (Å²) in [6.45, 7) is 3.47. The minimum Gasteiger partial charge on any atom is -0.481 e. The Kier molecular flexibility index (Phi) is 5.67. The van der Waals surface area contributed by atoms with Gasteiger partial charge in [0.2, 0.25) is 0 Å². The van der Waals surface area contributed by atoms with Crippen LogP contribution in [0.2, 0.25) is 0 Å². The summed E-state index contributed by atoms with van der Waals surface area (Å²) < 4.78 is 42.1. The zero-order valence-electron chi connectivity index (χ0n) is 18.3. The van der Waals surface area contributed by atoms with Crippen molar-refractivity contribution in [3.63, 3.8) is 0 Å². The number of aliphatic carboxylic acids is 1. The summed E-state index contributed by atoms with van der Waals surface area (Å²) in [4.78, 5) is 17.5. The Morgan fingerprint density at radius 1 is 1.06 bits per heavy atom. The van der Waals surface area contributed by atoms with Crippen LogP contribution in [-0.4, -0.2) is 35.5 Å². The molecule has 1 N–H and O–H groups in total. The first-order valence-corrected chi connectivity index (χ1v) is 11.6. The topological polar surface area (TPSA) is 92.5 Å². The zero-order valence-corrected chi connectivity index (χ0v) is 19.1. The van der Waals surface area contributed by atoms with Gasteiger partial charge in [-0.3, -0.25) is 9.78 Å². The van der Waals surface area contributed by atoms with Crippen LogP contribution in [0.15, 0.2) is 65.8 Å². The van der Waals surface area contributed by atoms with Crippen molar-refractivity contribution in [1.29, 1.82) is 0 Å². The van der Waals surface area contributed by atoms with E-state index in [4.69, 9.17) is 0 Å². The highest BCUT2D eigenvalue weighted by Crippen LogP contribution is 2.32. The summed E-state index contributed by atoms with van der Waals surface area (Å²) in [6, 6.07) is 12.0. The summed E-state index contributed by atoms with van der Waals surface area (Å²) in [5, 5.41) is 9.55. The molecule has 0 atom stereocenters. The fourth-order valence-electron chi connectivity index (χ4n) is 3.93. The van der Waals surface area contributed by atoms with Gasteiger partial charge in [-0.2, -0.15) is 0 Å². The van der Waals surface area contributed by atoms with E-state index in [1.807, 2.05) is 24.9 Å². The van der Waals surface area contributed by atoms with Gasteiger partial charge in [-0.05, 0) is 73.5 Å². The van der Waals surface area contributed by atoms with E-state index in [9.17, 15) is 22.7 Å². The number of anilines is 2. The van der Waals surface area contributed by atoms with Crippen molar-refractivity contribution in [3.8, 4) is 0 Å². The number of halogens is 1. The molecule has 2 heterocycles. The molecule has 9 heteroatoms. The van der Waals surface area contributed by atoms with Crippen LogP contribution in [0.4, 0.5) is 15.8 Å². The average molecular weight is 468 g/mol. The van der Waals surface area contributed by atoms with E-state index >= 15 is 0 Å². The van der Waals surface area contributed by atoms with E-state index in [1.54, 1.807) is 24.5 Å². The third kappa shape index (κ3) is 4.07. The normalized spacial score (nSPS) is 11.6. The fraction of sp³-hybridized carbons (Fsp3) is 0.167. The maximum atomic E-state index is 13.9. The summed E-state index contributed by atoms with van der Waals surface area (Å²) in [6.07, 6.45) is 3.06. The van der Waals surface area contributed by atoms with Crippen molar-refractivity contribution in [2.45, 2.75) is 25.2 Å². The van der Waals surface area contributed by atoms with Gasteiger partial charge < -0.3 is 10.0 Å². The van der Waals surface area contributed by atoms with Crippen molar-refractivity contribution in [2.24, 2.45) is 0 Å². The summed E-state index contributed by atoms with van der Waals surface area (Å²) >= 11 is 0. The number of fused-ring (bicyclic) bond motifs is 1. The van der Waals surface area contributed by atoms with Crippen molar-refractivity contribution in [2.75, 3.05) is 11.9 Å². The molecule has 33 heavy (non-hydrogen) atoms. The van der Waals surface area contributed by atoms with Gasteiger partial charge in [0.05, 0.1) is 28.7 Å². The number of rotatable bonds is 6. The molecule has 0 aliphatic rings. The van der Waals surface area contributed by atoms with Crippen LogP contribution in [0.3, 0.4) is 0 Å². The quantitative estimate of drug-likeness (QED) is 0.451. The number of benzene rings is 2. The van der Waals surface area contributed by atoms with Crippen LogP contribution >= 0.6 is 0 Å². The highest BCUT2D eigenvalue weighted by atomic mass is 32.2. The minimum absolute atomic E-state index is 0.0354. The lowest BCUT2D eigenvalue weighted by atomic mass is 10.1. The first-order chi connectivity index (χ1) is 15.6. The van der Waals surface area contributed by atoms with Gasteiger partial charge in [0.25, 0.3) is 10.0 Å². The van der Waals surface area contributed by atoms with Crippen molar-refractivity contribution in [3.05, 3.63) is 83.6 Å². The molecule has 0 saturated heterocycles. The van der Waals surface area contributed by atoms with Crippen molar-refractivity contribution >= 4 is 38.3 Å². The molecule has 0 amide bonds. The predicted octanol–water partition coefficient (Wildman–Crippen LogP) is 4.42. The van der Waals surface area contributed by atoms with E-state index in [0.29, 0.717) is 0 Å². The SMILES string of the molecule is Cc1cncc(N(C)c2ccc(S(=O)(=O)n3c(C)c(CC(=O)O)c4cc(F)ccc43)cc2)c1. The fourth-order valence-corrected chi connectivity index (χ4v) is 5.51. The molecule has 0 radical (unpaired) electrons. The van der Waals surface area contributed by atoms with Crippen LogP contribution in [-0.2, 0) is 21.2 Å². The molecular weight excluding hydrogens is 445 g/mol. The lowest BCUT2D eigenvalue weighted by Crippen LogP contribution is -2.15. The van der Waals surface area contributed by atoms with Crippen molar-refractivity contribution < 1.29 is 22.7 Å². The van der Waals surface area contributed by atoms with Crippen LogP contribution in [0, 0.1) is 19.7 Å². The second-order valence-corrected chi connectivity index (χ2v) is 9.63. The van der Waals surface area contributed by atoms with Crippen LogP contribution in [0.1, 0.15) is 16.8 Å². The molecule has 4 rings (SSSR count). The Labute approximate surface area is 190 Å². The zero-order chi connectivity index (χ0) is 23.9. The molecule has 0 saturated carbocycles. The highest BCUT2D eigenvalue weighted by Gasteiger charge is 2.26. The molecule has 2 aromatic carbocycles. The number of pyridine rings is 1. The van der Waals surface area contributed by atoms with Crippen LogP contribution in [0.5, 0.6) is 0 Å². The van der Waals surface area contributed by atoms with Gasteiger partial charge in [-0.15, -0.1) is 0 Å². The average Bonchev–Trinajstić information content (AvgIpc) is 3.04. The summed E-state index contributed by atoms with van der Waals surface area (Å²) in [5.74, 6) is -1.70. The molecule has 2 aromatic heterocycles. The molecular formula is C24H22FN3O4S. The molecule has 0 aliphatic heterocycles. The Hall–Kier alpha value is -3.72. The number of aryl methyl sites for hydroxylation is 1. The second-order valence-electron chi connectivity index (χ2n) is 7.84. The highest BCUT2D eigenvalue weighted by molar-refractivity contribution is 7.90. The molecule has 0 unspecified atom stereocenters. The first-order valence-electron chi connectivity index (χ1n) is 10.1. The number of aromatic nitrogens is 2. The van der Waals surface area contributed by atoms with E-state index in [2.05, 4.69) is 4.98 Å². The van der Waals surface area contributed by atoms with E-state index in [0.717, 1.165) is 27.0 Å². The molecule has 4 aromatic rings. The number of hydrogen-bond acceptors (Lipinski definition) is 5. The Morgan fingerprint density at radius 2 is 1.76 bits per heavy atom. The largest absolute Gasteiger partial charge is 0.481 e. The standard InChI is InChI=1S/C24H22FN3O4S/c1-15-10-19(14-26-13-15)27(3)18-5-7-20(8-6-18)33(31,32)28-16(2)21(12-24(29)30)22-11-17(25)4-9-23(22)28/h4-11,13-14H,12H2,1-3H3,(H,29,30). The number of hydrogen-bond donors (Lipinski definition) is 1. The number of carbonyl (C=O) groups is 1. The van der Waals surface area contributed by atoms with Gasteiger partial charge in [-0.25, -0.2) is 16.8 Å². The Balaban J connectivity index is 1.79. The van der Waals surface area contributed by atoms with Crippen molar-refractivity contribution in [1.82, 2.24) is 8.96 Å². The van der Waals surface area contributed by atoms with Crippen LogP contribution in [0.25, 0.3) is 10.9 Å². The Morgan fingerprint density at radius 3 is 2.39 bits per heavy atom. The second kappa shape index (κ2) is 8.32. The number of nitrogens with zero attached hydrogens (tertiary/aromatic N) is 3. The summed E-state index contributed by atoms with van der Waals surface area (Å²) in [5.41, 5.74) is 3.37. The molecule has 0 spiro atoms. The predicted molar refractivity (Wildman–Crippen MR) is 124 cm³/mol. The lowest BCUT2D eigenvalue weighted by Gasteiger charge is -2.20. The minimum atomic E-state index is -4.07. The third-order valence-electron chi connectivity index (χ3n) is 5.58. The third-order valence-corrected chi connectivity index (χ3v) is 7.40.